The van der Waals surface area contributed by atoms with Gasteiger partial charge in [-0.3, -0.25) is 0 Å². The Labute approximate surface area is 96.4 Å². The number of nitrogens with zero attached hydrogens (tertiary/aromatic N) is 1. The summed E-state index contributed by atoms with van der Waals surface area (Å²) in [5, 5.41) is 6.74. The van der Waals surface area contributed by atoms with E-state index in [0.29, 0.717) is 0 Å². The van der Waals surface area contributed by atoms with Gasteiger partial charge in [-0.2, -0.15) is 0 Å². The molecular formula is C12H19N3O. The molecule has 0 aromatic carbocycles. The Morgan fingerprint density at radius 3 is 3.06 bits per heavy atom. The van der Waals surface area contributed by atoms with Gasteiger partial charge in [0, 0.05) is 18.8 Å². The lowest BCUT2D eigenvalue weighted by Gasteiger charge is -2.22. The second-order valence-corrected chi connectivity index (χ2v) is 4.16. The minimum Gasteiger partial charge on any atom is -0.497 e. The summed E-state index contributed by atoms with van der Waals surface area (Å²) in [5.74, 6) is 2.51. The molecule has 88 valence electrons. The van der Waals surface area contributed by atoms with Gasteiger partial charge in [-0.05, 0) is 37.9 Å². The summed E-state index contributed by atoms with van der Waals surface area (Å²) in [5.41, 5.74) is 0. The third-order valence-corrected chi connectivity index (χ3v) is 3.00. The van der Waals surface area contributed by atoms with Crippen LogP contribution in [0.5, 0.6) is 5.75 Å². The van der Waals surface area contributed by atoms with E-state index in [0.717, 1.165) is 37.1 Å². The van der Waals surface area contributed by atoms with Gasteiger partial charge in [0.05, 0.1) is 7.11 Å². The lowest BCUT2D eigenvalue weighted by atomic mass is 9.98. The molecule has 0 atom stereocenters. The maximum Gasteiger partial charge on any atom is 0.129 e. The van der Waals surface area contributed by atoms with Crippen molar-refractivity contribution in [2.75, 3.05) is 32.1 Å². The average molecular weight is 221 g/mol. The van der Waals surface area contributed by atoms with Crippen LogP contribution in [0.4, 0.5) is 5.82 Å². The zero-order chi connectivity index (χ0) is 11.2. The lowest BCUT2D eigenvalue weighted by Crippen LogP contribution is -2.31. The van der Waals surface area contributed by atoms with E-state index in [1.54, 1.807) is 13.3 Å². The van der Waals surface area contributed by atoms with E-state index in [-0.39, 0.29) is 0 Å². The highest BCUT2D eigenvalue weighted by Gasteiger charge is 2.12. The maximum absolute atomic E-state index is 5.16. The summed E-state index contributed by atoms with van der Waals surface area (Å²) >= 11 is 0. The van der Waals surface area contributed by atoms with Crippen LogP contribution >= 0.6 is 0 Å². The van der Waals surface area contributed by atoms with Crippen molar-refractivity contribution in [3.05, 3.63) is 18.3 Å². The summed E-state index contributed by atoms with van der Waals surface area (Å²) in [4.78, 5) is 4.27. The first kappa shape index (κ1) is 11.2. The average Bonchev–Trinajstić information content (AvgIpc) is 2.38. The number of rotatable bonds is 4. The van der Waals surface area contributed by atoms with E-state index >= 15 is 0 Å². The standard InChI is InChI=1S/C12H19N3O/c1-16-11-4-7-14-12(8-11)15-9-10-2-5-13-6-3-10/h4,7-8,10,13H,2-3,5-6,9H2,1H3,(H,14,15). The van der Waals surface area contributed by atoms with E-state index in [9.17, 15) is 0 Å². The molecule has 0 bridgehead atoms. The van der Waals surface area contributed by atoms with Crippen LogP contribution in [0.2, 0.25) is 0 Å². The van der Waals surface area contributed by atoms with Crippen molar-refractivity contribution in [1.29, 1.82) is 0 Å². The minimum atomic E-state index is 0.759. The van der Waals surface area contributed by atoms with Gasteiger partial charge in [-0.15, -0.1) is 0 Å². The molecule has 2 N–H and O–H groups in total. The Morgan fingerprint density at radius 2 is 2.31 bits per heavy atom. The Kier molecular flexibility index (Phi) is 3.99. The van der Waals surface area contributed by atoms with Gasteiger partial charge < -0.3 is 15.4 Å². The summed E-state index contributed by atoms with van der Waals surface area (Å²) in [6.45, 7) is 3.28. The minimum absolute atomic E-state index is 0.759. The van der Waals surface area contributed by atoms with E-state index in [4.69, 9.17) is 4.74 Å². The molecule has 0 unspecified atom stereocenters. The number of methoxy groups -OCH3 is 1. The monoisotopic (exact) mass is 221 g/mol. The van der Waals surface area contributed by atoms with Gasteiger partial charge in [-0.25, -0.2) is 4.98 Å². The number of ether oxygens (including phenoxy) is 1. The van der Waals surface area contributed by atoms with Crippen LogP contribution in [0, 0.1) is 5.92 Å². The van der Waals surface area contributed by atoms with Crippen molar-refractivity contribution in [1.82, 2.24) is 10.3 Å². The van der Waals surface area contributed by atoms with E-state index in [1.165, 1.54) is 12.8 Å². The maximum atomic E-state index is 5.16. The van der Waals surface area contributed by atoms with Crippen molar-refractivity contribution in [2.24, 2.45) is 5.92 Å². The molecular weight excluding hydrogens is 202 g/mol. The van der Waals surface area contributed by atoms with Crippen molar-refractivity contribution in [3.63, 3.8) is 0 Å². The second-order valence-electron chi connectivity index (χ2n) is 4.16. The molecule has 1 aromatic heterocycles. The number of nitrogens with one attached hydrogen (secondary N) is 2. The molecule has 2 heterocycles. The summed E-state index contributed by atoms with van der Waals surface area (Å²) in [7, 11) is 1.67. The fraction of sp³-hybridized carbons (Fsp3) is 0.583. The fourth-order valence-corrected chi connectivity index (χ4v) is 1.97. The molecule has 4 heteroatoms. The second kappa shape index (κ2) is 5.70. The number of anilines is 1. The van der Waals surface area contributed by atoms with Gasteiger partial charge in [0.15, 0.2) is 0 Å². The molecule has 1 aliphatic heterocycles. The molecule has 16 heavy (non-hydrogen) atoms. The Hall–Kier alpha value is -1.29. The number of aromatic nitrogens is 1. The smallest absolute Gasteiger partial charge is 0.129 e. The van der Waals surface area contributed by atoms with Crippen LogP contribution in [-0.4, -0.2) is 31.7 Å². The number of hydrogen-bond acceptors (Lipinski definition) is 4. The van der Waals surface area contributed by atoms with Crippen LogP contribution in [0.15, 0.2) is 18.3 Å². The molecule has 0 saturated carbocycles. The lowest BCUT2D eigenvalue weighted by molar-refractivity contribution is 0.389. The first-order valence-corrected chi connectivity index (χ1v) is 5.83. The molecule has 4 nitrogen and oxygen atoms in total. The van der Waals surface area contributed by atoms with Gasteiger partial charge in [0.2, 0.25) is 0 Å². The molecule has 1 aromatic rings. The largest absolute Gasteiger partial charge is 0.497 e. The quantitative estimate of drug-likeness (QED) is 0.809. The molecule has 1 saturated heterocycles. The van der Waals surface area contributed by atoms with Crippen molar-refractivity contribution < 1.29 is 4.74 Å². The number of piperidine rings is 1. The summed E-state index contributed by atoms with van der Waals surface area (Å²) in [6, 6.07) is 3.79. The number of hydrogen-bond donors (Lipinski definition) is 2. The summed E-state index contributed by atoms with van der Waals surface area (Å²) < 4.78 is 5.16. The highest BCUT2D eigenvalue weighted by molar-refractivity contribution is 5.40. The summed E-state index contributed by atoms with van der Waals surface area (Å²) in [6.07, 6.45) is 4.26. The third kappa shape index (κ3) is 3.10. The topological polar surface area (TPSA) is 46.2 Å². The molecule has 1 fully saturated rings. The Bertz CT molecular complexity index is 324. The molecule has 0 spiro atoms. The van der Waals surface area contributed by atoms with Crippen LogP contribution in [0.3, 0.4) is 0 Å². The third-order valence-electron chi connectivity index (χ3n) is 3.00. The van der Waals surface area contributed by atoms with Crippen LogP contribution in [0.25, 0.3) is 0 Å². The highest BCUT2D eigenvalue weighted by atomic mass is 16.5. The van der Waals surface area contributed by atoms with E-state index in [1.807, 2.05) is 12.1 Å². The van der Waals surface area contributed by atoms with Crippen molar-refractivity contribution >= 4 is 5.82 Å². The van der Waals surface area contributed by atoms with Gasteiger partial charge >= 0.3 is 0 Å². The highest BCUT2D eigenvalue weighted by Crippen LogP contribution is 2.16. The Morgan fingerprint density at radius 1 is 1.50 bits per heavy atom. The zero-order valence-electron chi connectivity index (χ0n) is 9.70. The van der Waals surface area contributed by atoms with Crippen LogP contribution < -0.4 is 15.4 Å². The Balaban J connectivity index is 1.83. The predicted molar refractivity (Wildman–Crippen MR) is 64.9 cm³/mol. The normalized spacial score (nSPS) is 17.1. The fourth-order valence-electron chi connectivity index (χ4n) is 1.97. The molecule has 0 aliphatic carbocycles. The van der Waals surface area contributed by atoms with Gasteiger partial charge in [-0.1, -0.05) is 0 Å². The van der Waals surface area contributed by atoms with Crippen molar-refractivity contribution in [3.8, 4) is 5.75 Å². The van der Waals surface area contributed by atoms with Crippen LogP contribution in [0.1, 0.15) is 12.8 Å². The molecule has 2 rings (SSSR count). The molecule has 1 aliphatic rings. The molecule has 0 amide bonds. The zero-order valence-corrected chi connectivity index (χ0v) is 9.70. The first-order valence-electron chi connectivity index (χ1n) is 5.83. The van der Waals surface area contributed by atoms with Gasteiger partial charge in [0.1, 0.15) is 11.6 Å². The van der Waals surface area contributed by atoms with E-state index in [2.05, 4.69) is 15.6 Å². The first-order chi connectivity index (χ1) is 7.88. The molecule has 0 radical (unpaired) electrons. The predicted octanol–water partition coefficient (Wildman–Crippen LogP) is 1.50. The SMILES string of the molecule is COc1ccnc(NCC2CCNCC2)c1. The van der Waals surface area contributed by atoms with Gasteiger partial charge in [0.25, 0.3) is 0 Å². The van der Waals surface area contributed by atoms with Crippen molar-refractivity contribution in [2.45, 2.75) is 12.8 Å². The van der Waals surface area contributed by atoms with Crippen LogP contribution in [-0.2, 0) is 0 Å². The number of pyridine rings is 1. The van der Waals surface area contributed by atoms with E-state index < -0.39 is 0 Å².